The number of ether oxygens (including phenoxy) is 2. The van der Waals surface area contributed by atoms with Crippen LogP contribution in [0.2, 0.25) is 0 Å². The molecule has 138 valence electrons. The number of anilines is 2. The summed E-state index contributed by atoms with van der Waals surface area (Å²) in [5, 5.41) is 2.94. The lowest BCUT2D eigenvalue weighted by atomic mass is 10.2. The quantitative estimate of drug-likeness (QED) is 0.817. The first-order chi connectivity index (χ1) is 12.6. The van der Waals surface area contributed by atoms with Crippen LogP contribution in [-0.2, 0) is 0 Å². The summed E-state index contributed by atoms with van der Waals surface area (Å²) in [6.07, 6.45) is 0. The zero-order valence-corrected chi connectivity index (χ0v) is 16.5. The van der Waals surface area contributed by atoms with Gasteiger partial charge in [-0.1, -0.05) is 15.9 Å². The molecule has 1 aliphatic rings. The average Bonchev–Trinajstić information content (AvgIpc) is 2.69. The number of nitrogens with zero attached hydrogens (tertiary/aromatic N) is 2. The van der Waals surface area contributed by atoms with Crippen LogP contribution in [0, 0.1) is 0 Å². The van der Waals surface area contributed by atoms with E-state index >= 15 is 0 Å². The second-order valence-electron chi connectivity index (χ2n) is 5.95. The summed E-state index contributed by atoms with van der Waals surface area (Å²) in [4.78, 5) is 16.5. The monoisotopic (exact) mass is 419 g/mol. The average molecular weight is 420 g/mol. The van der Waals surface area contributed by atoms with Crippen LogP contribution in [-0.4, -0.2) is 51.3 Å². The fourth-order valence-corrected chi connectivity index (χ4v) is 3.20. The van der Waals surface area contributed by atoms with E-state index in [2.05, 4.69) is 26.1 Å². The van der Waals surface area contributed by atoms with Crippen LogP contribution in [0.25, 0.3) is 0 Å². The minimum Gasteiger partial charge on any atom is -0.497 e. The van der Waals surface area contributed by atoms with Gasteiger partial charge in [0.15, 0.2) is 0 Å². The molecule has 1 heterocycles. The third-order valence-corrected chi connectivity index (χ3v) is 4.92. The molecule has 0 unspecified atom stereocenters. The standard InChI is InChI=1S/C19H22BrN3O3/c1-25-16-7-8-17(18(13-16)26-2)22-9-11-23(12-10-22)19(24)21-15-5-3-14(20)4-6-15/h3-8,13H,9-12H2,1-2H3,(H,21,24). The Balaban J connectivity index is 1.60. The van der Waals surface area contributed by atoms with Gasteiger partial charge in [0.05, 0.1) is 19.9 Å². The normalized spacial score (nSPS) is 14.1. The highest BCUT2D eigenvalue weighted by Crippen LogP contribution is 2.32. The van der Waals surface area contributed by atoms with Gasteiger partial charge in [0, 0.05) is 42.4 Å². The van der Waals surface area contributed by atoms with E-state index in [1.807, 2.05) is 47.4 Å². The van der Waals surface area contributed by atoms with Crippen LogP contribution in [0.3, 0.4) is 0 Å². The molecule has 3 rings (SSSR count). The number of benzene rings is 2. The maximum absolute atomic E-state index is 12.4. The third-order valence-electron chi connectivity index (χ3n) is 4.39. The van der Waals surface area contributed by atoms with E-state index in [9.17, 15) is 4.79 Å². The minimum atomic E-state index is -0.0753. The summed E-state index contributed by atoms with van der Waals surface area (Å²) in [6, 6.07) is 13.3. The number of urea groups is 1. The van der Waals surface area contributed by atoms with Gasteiger partial charge in [0.25, 0.3) is 0 Å². The Morgan fingerprint density at radius 3 is 2.31 bits per heavy atom. The van der Waals surface area contributed by atoms with Gasteiger partial charge in [-0.05, 0) is 36.4 Å². The third kappa shape index (κ3) is 4.22. The molecule has 0 radical (unpaired) electrons. The molecule has 1 N–H and O–H groups in total. The molecule has 0 saturated carbocycles. The lowest BCUT2D eigenvalue weighted by Crippen LogP contribution is -2.50. The zero-order valence-electron chi connectivity index (χ0n) is 14.9. The van der Waals surface area contributed by atoms with E-state index in [1.54, 1.807) is 14.2 Å². The van der Waals surface area contributed by atoms with Gasteiger partial charge in [-0.15, -0.1) is 0 Å². The van der Waals surface area contributed by atoms with Gasteiger partial charge in [-0.3, -0.25) is 0 Å². The van der Waals surface area contributed by atoms with Gasteiger partial charge < -0.3 is 24.6 Å². The number of nitrogens with one attached hydrogen (secondary N) is 1. The summed E-state index contributed by atoms with van der Waals surface area (Å²) in [6.45, 7) is 2.79. The maximum Gasteiger partial charge on any atom is 0.321 e. The fourth-order valence-electron chi connectivity index (χ4n) is 2.93. The number of rotatable bonds is 4. The number of amides is 2. The molecule has 0 bridgehead atoms. The van der Waals surface area contributed by atoms with Crippen molar-refractivity contribution in [3.63, 3.8) is 0 Å². The van der Waals surface area contributed by atoms with Crippen molar-refractivity contribution in [1.29, 1.82) is 0 Å². The first-order valence-electron chi connectivity index (χ1n) is 8.39. The van der Waals surface area contributed by atoms with Crippen molar-refractivity contribution >= 4 is 33.3 Å². The molecule has 2 aromatic rings. The summed E-state index contributed by atoms with van der Waals surface area (Å²) in [5.41, 5.74) is 1.80. The molecule has 0 aliphatic carbocycles. The zero-order chi connectivity index (χ0) is 18.5. The predicted molar refractivity (Wildman–Crippen MR) is 106 cm³/mol. The number of carbonyl (C=O) groups excluding carboxylic acids is 1. The molecular weight excluding hydrogens is 398 g/mol. The molecule has 26 heavy (non-hydrogen) atoms. The topological polar surface area (TPSA) is 54.0 Å². The van der Waals surface area contributed by atoms with Crippen LogP contribution in [0.4, 0.5) is 16.2 Å². The van der Waals surface area contributed by atoms with Crippen LogP contribution < -0.4 is 19.7 Å². The molecule has 7 heteroatoms. The Hall–Kier alpha value is -2.41. The molecule has 2 amide bonds. The summed E-state index contributed by atoms with van der Waals surface area (Å²) in [5.74, 6) is 1.54. The molecule has 0 spiro atoms. The van der Waals surface area contributed by atoms with Gasteiger partial charge in [0.2, 0.25) is 0 Å². The first-order valence-corrected chi connectivity index (χ1v) is 9.18. The summed E-state index contributed by atoms with van der Waals surface area (Å²) < 4.78 is 11.7. The fraction of sp³-hybridized carbons (Fsp3) is 0.316. The Morgan fingerprint density at radius 2 is 1.69 bits per heavy atom. The Morgan fingerprint density at radius 1 is 1.00 bits per heavy atom. The first kappa shape index (κ1) is 18.4. The molecule has 1 saturated heterocycles. The highest BCUT2D eigenvalue weighted by molar-refractivity contribution is 9.10. The van der Waals surface area contributed by atoms with Gasteiger partial charge in [-0.2, -0.15) is 0 Å². The van der Waals surface area contributed by atoms with Crippen molar-refractivity contribution in [3.8, 4) is 11.5 Å². The molecular formula is C19H22BrN3O3. The van der Waals surface area contributed by atoms with Crippen molar-refractivity contribution < 1.29 is 14.3 Å². The van der Waals surface area contributed by atoms with Gasteiger partial charge >= 0.3 is 6.03 Å². The maximum atomic E-state index is 12.4. The number of hydrogen-bond acceptors (Lipinski definition) is 4. The Kier molecular flexibility index (Phi) is 5.88. The molecule has 1 fully saturated rings. The van der Waals surface area contributed by atoms with Crippen molar-refractivity contribution in [2.45, 2.75) is 0 Å². The number of carbonyl (C=O) groups is 1. The highest BCUT2D eigenvalue weighted by Gasteiger charge is 2.23. The van der Waals surface area contributed by atoms with Crippen molar-refractivity contribution in [2.24, 2.45) is 0 Å². The predicted octanol–water partition coefficient (Wildman–Crippen LogP) is 3.82. The smallest absolute Gasteiger partial charge is 0.321 e. The lowest BCUT2D eigenvalue weighted by Gasteiger charge is -2.36. The minimum absolute atomic E-state index is 0.0753. The second-order valence-corrected chi connectivity index (χ2v) is 6.86. The van der Waals surface area contributed by atoms with Crippen LogP contribution >= 0.6 is 15.9 Å². The summed E-state index contributed by atoms with van der Waals surface area (Å²) in [7, 11) is 3.29. The van der Waals surface area contributed by atoms with E-state index in [1.165, 1.54) is 0 Å². The second kappa shape index (κ2) is 8.31. The molecule has 6 nitrogen and oxygen atoms in total. The number of piperazine rings is 1. The highest BCUT2D eigenvalue weighted by atomic mass is 79.9. The van der Waals surface area contributed by atoms with E-state index in [0.717, 1.165) is 40.4 Å². The largest absolute Gasteiger partial charge is 0.497 e. The lowest BCUT2D eigenvalue weighted by molar-refractivity contribution is 0.208. The van der Waals surface area contributed by atoms with Gasteiger partial charge in [-0.25, -0.2) is 4.79 Å². The van der Waals surface area contributed by atoms with Crippen LogP contribution in [0.15, 0.2) is 46.9 Å². The van der Waals surface area contributed by atoms with Gasteiger partial charge in [0.1, 0.15) is 11.5 Å². The number of hydrogen-bond donors (Lipinski definition) is 1. The molecule has 0 aromatic heterocycles. The SMILES string of the molecule is COc1ccc(N2CCN(C(=O)Nc3ccc(Br)cc3)CC2)c(OC)c1. The molecule has 2 aromatic carbocycles. The van der Waals surface area contributed by atoms with Crippen molar-refractivity contribution in [2.75, 3.05) is 50.6 Å². The number of methoxy groups -OCH3 is 2. The van der Waals surface area contributed by atoms with Crippen molar-refractivity contribution in [3.05, 3.63) is 46.9 Å². The van der Waals surface area contributed by atoms with Crippen molar-refractivity contribution in [1.82, 2.24) is 4.90 Å². The molecule has 0 atom stereocenters. The Bertz CT molecular complexity index is 759. The van der Waals surface area contributed by atoms with E-state index in [0.29, 0.717) is 13.1 Å². The van der Waals surface area contributed by atoms with E-state index in [-0.39, 0.29) is 6.03 Å². The number of halogens is 1. The van der Waals surface area contributed by atoms with E-state index < -0.39 is 0 Å². The van der Waals surface area contributed by atoms with E-state index in [4.69, 9.17) is 9.47 Å². The van der Waals surface area contributed by atoms with Crippen LogP contribution in [0.5, 0.6) is 11.5 Å². The van der Waals surface area contributed by atoms with Crippen LogP contribution in [0.1, 0.15) is 0 Å². The Labute approximate surface area is 161 Å². The summed E-state index contributed by atoms with van der Waals surface area (Å²) >= 11 is 3.39. The molecule has 1 aliphatic heterocycles.